The zero-order chi connectivity index (χ0) is 49.8. The molecule has 0 aliphatic carbocycles. The van der Waals surface area contributed by atoms with Crippen LogP contribution in [0.25, 0.3) is 97.9 Å². The van der Waals surface area contributed by atoms with Crippen LogP contribution in [0.1, 0.15) is 52.7 Å². The topological polar surface area (TPSA) is 28.2 Å². The van der Waals surface area contributed by atoms with Crippen molar-refractivity contribution in [1.29, 1.82) is 0 Å². The van der Waals surface area contributed by atoms with Crippen LogP contribution < -0.4 is 9.80 Å². The van der Waals surface area contributed by atoms with Crippen molar-refractivity contribution in [3.8, 4) is 0 Å². The number of pyridine rings is 1. The van der Waals surface area contributed by atoms with Crippen molar-refractivity contribution in [3.05, 3.63) is 224 Å². The van der Waals surface area contributed by atoms with Crippen LogP contribution in [0.15, 0.2) is 212 Å². The molecule has 10 aromatic carbocycles. The Kier molecular flexibility index (Phi) is 8.83. The Balaban J connectivity index is 1.19. The first-order chi connectivity index (χ1) is 36.0. The predicted octanol–water partition coefficient (Wildman–Crippen LogP) is 19.2. The van der Waals surface area contributed by atoms with E-state index in [9.17, 15) is 0 Å². The molecule has 5 aromatic heterocycles. The lowest BCUT2D eigenvalue weighted by Gasteiger charge is -2.28. The van der Waals surface area contributed by atoms with Gasteiger partial charge in [0.05, 0.1) is 45.2 Å². The predicted molar refractivity (Wildman–Crippen MR) is 315 cm³/mol. The second kappa shape index (κ2) is 15.3. The first kappa shape index (κ1) is 42.7. The number of anilines is 6. The molecular weight excluding hydrogens is 899 g/mol. The van der Waals surface area contributed by atoms with Crippen molar-refractivity contribution in [2.45, 2.75) is 52.4 Å². The summed E-state index contributed by atoms with van der Waals surface area (Å²) in [5.74, 6) is 0. The Labute approximate surface area is 429 Å². The van der Waals surface area contributed by atoms with E-state index in [0.717, 1.165) is 50.8 Å². The van der Waals surface area contributed by atoms with Crippen LogP contribution in [0.2, 0.25) is 0 Å². The summed E-state index contributed by atoms with van der Waals surface area (Å²) in [4.78, 5) is 10.7. The summed E-state index contributed by atoms with van der Waals surface area (Å²) in [7, 11) is 0. The minimum Gasteiger partial charge on any atom is -0.308 e. The summed E-state index contributed by atoms with van der Waals surface area (Å²) in [5, 5.41) is 14.7. The summed E-state index contributed by atoms with van der Waals surface area (Å²) in [6.07, 6.45) is 2.19. The van der Waals surface area contributed by atoms with E-state index >= 15 is 0 Å². The molecule has 0 unspecified atom stereocenters. The summed E-state index contributed by atoms with van der Waals surface area (Å²) < 4.78 is 5.11. The van der Waals surface area contributed by atoms with Crippen LogP contribution in [0.3, 0.4) is 0 Å². The highest BCUT2D eigenvalue weighted by atomic mass is 15.2. The van der Waals surface area contributed by atoms with Gasteiger partial charge in [-0.25, -0.2) is 4.98 Å². The smallest absolute Gasteiger partial charge is 0.146 e. The van der Waals surface area contributed by atoms with Gasteiger partial charge in [0.15, 0.2) is 0 Å². The molecule has 74 heavy (non-hydrogen) atoms. The number of aromatic nitrogens is 3. The van der Waals surface area contributed by atoms with Crippen molar-refractivity contribution in [2.75, 3.05) is 9.80 Å². The maximum absolute atomic E-state index is 5.80. The van der Waals surface area contributed by atoms with E-state index in [2.05, 4.69) is 273 Å². The summed E-state index contributed by atoms with van der Waals surface area (Å²) in [5.41, 5.74) is 15.8. The maximum Gasteiger partial charge on any atom is 0.146 e. The molecule has 5 nitrogen and oxygen atoms in total. The van der Waals surface area contributed by atoms with Crippen molar-refractivity contribution in [1.82, 2.24) is 13.8 Å². The van der Waals surface area contributed by atoms with E-state index in [4.69, 9.17) is 4.98 Å². The fourth-order valence-electron chi connectivity index (χ4n) is 12.5. The molecular formula is C69H53N5. The Morgan fingerprint density at radius 2 is 0.784 bits per heavy atom. The maximum atomic E-state index is 5.80. The van der Waals surface area contributed by atoms with Gasteiger partial charge >= 0.3 is 0 Å². The number of para-hydroxylation sites is 4. The summed E-state index contributed by atoms with van der Waals surface area (Å²) >= 11 is 0. The monoisotopic (exact) mass is 951 g/mol. The zero-order valence-corrected chi connectivity index (χ0v) is 42.4. The van der Waals surface area contributed by atoms with Crippen molar-refractivity contribution in [2.24, 2.45) is 0 Å². The number of benzene rings is 10. The minimum atomic E-state index is -0.143. The van der Waals surface area contributed by atoms with Gasteiger partial charge in [-0.15, -0.1) is 0 Å². The Bertz CT molecular complexity index is 4600. The fourth-order valence-corrected chi connectivity index (χ4v) is 12.5. The van der Waals surface area contributed by atoms with E-state index in [1.807, 2.05) is 0 Å². The lowest BCUT2D eigenvalue weighted by Crippen LogP contribution is -2.11. The molecule has 0 bridgehead atoms. The quantitative estimate of drug-likeness (QED) is 0.166. The van der Waals surface area contributed by atoms with E-state index in [-0.39, 0.29) is 10.8 Å². The molecule has 0 aliphatic rings. The molecule has 5 heterocycles. The second-order valence-electron chi connectivity index (χ2n) is 22.4. The average Bonchev–Trinajstić information content (AvgIpc) is 4.27. The largest absolute Gasteiger partial charge is 0.308 e. The molecule has 354 valence electrons. The van der Waals surface area contributed by atoms with Gasteiger partial charge in [-0.3, -0.25) is 4.40 Å². The van der Waals surface area contributed by atoms with Gasteiger partial charge in [0.2, 0.25) is 0 Å². The van der Waals surface area contributed by atoms with E-state index < -0.39 is 0 Å². The van der Waals surface area contributed by atoms with Gasteiger partial charge < -0.3 is 14.2 Å². The standard InChI is InChI=1S/C69H53N5/c1-68(2,3)44-37-53-52-35-42-23-20-22-34-51(42)64(72(48-29-15-9-16-30-48)49-31-17-10-18-32-49)65(52)73-58-41-70-67-61(60(58)55(39-44)62(53)73)56-40-45(69(4,5)6)38-54-59-50-33-21-19-24-43(50)36-57(66(59)74(67)63(54)56)71(46-25-11-7-12-26-46)47-27-13-8-14-28-47/h7-41H,1-6H3. The van der Waals surface area contributed by atoms with Crippen LogP contribution >= 0.6 is 0 Å². The number of nitrogens with zero attached hydrogens (tertiary/aromatic N) is 5. The van der Waals surface area contributed by atoms with Gasteiger partial charge in [0, 0.05) is 71.2 Å². The summed E-state index contributed by atoms with van der Waals surface area (Å²) in [6.45, 7) is 14.1. The van der Waals surface area contributed by atoms with Crippen LogP contribution in [0.4, 0.5) is 34.1 Å². The molecule has 15 aromatic rings. The lowest BCUT2D eigenvalue weighted by atomic mass is 9.84. The Hall–Kier alpha value is -8.93. The van der Waals surface area contributed by atoms with Gasteiger partial charge in [0.1, 0.15) is 5.65 Å². The van der Waals surface area contributed by atoms with Gasteiger partial charge in [-0.1, -0.05) is 163 Å². The average molecular weight is 952 g/mol. The van der Waals surface area contributed by atoms with E-state index in [1.165, 1.54) is 92.3 Å². The number of fused-ring (bicyclic) bond motifs is 16. The normalized spacial score (nSPS) is 12.7. The van der Waals surface area contributed by atoms with Crippen LogP contribution in [0.5, 0.6) is 0 Å². The third-order valence-electron chi connectivity index (χ3n) is 16.0. The zero-order valence-electron chi connectivity index (χ0n) is 42.4. The first-order valence-corrected chi connectivity index (χ1v) is 26.0. The highest BCUT2D eigenvalue weighted by Gasteiger charge is 2.33. The lowest BCUT2D eigenvalue weighted by molar-refractivity contribution is 0.591. The Morgan fingerprint density at radius 3 is 1.34 bits per heavy atom. The molecule has 0 spiro atoms. The second-order valence-corrected chi connectivity index (χ2v) is 22.4. The van der Waals surface area contributed by atoms with Crippen LogP contribution in [-0.4, -0.2) is 13.8 Å². The van der Waals surface area contributed by atoms with Crippen LogP contribution in [-0.2, 0) is 10.8 Å². The number of hydrogen-bond donors (Lipinski definition) is 0. The highest BCUT2D eigenvalue weighted by Crippen LogP contribution is 2.54. The van der Waals surface area contributed by atoms with Gasteiger partial charge in [-0.2, -0.15) is 0 Å². The fraction of sp³-hybridized carbons (Fsp3) is 0.116. The summed E-state index contributed by atoms with van der Waals surface area (Å²) in [6, 6.07) is 76.1. The molecule has 0 fully saturated rings. The van der Waals surface area contributed by atoms with E-state index in [1.54, 1.807) is 0 Å². The van der Waals surface area contributed by atoms with Crippen molar-refractivity contribution in [3.63, 3.8) is 0 Å². The molecule has 0 saturated carbocycles. The molecule has 0 atom stereocenters. The molecule has 5 heteroatoms. The van der Waals surface area contributed by atoms with E-state index in [0.29, 0.717) is 0 Å². The van der Waals surface area contributed by atoms with Crippen LogP contribution in [0, 0.1) is 0 Å². The molecule has 0 N–H and O–H groups in total. The number of rotatable bonds is 6. The van der Waals surface area contributed by atoms with Crippen molar-refractivity contribution >= 4 is 132 Å². The number of hydrogen-bond acceptors (Lipinski definition) is 3. The van der Waals surface area contributed by atoms with Gasteiger partial charge in [0.25, 0.3) is 0 Å². The molecule has 0 aliphatic heterocycles. The van der Waals surface area contributed by atoms with Gasteiger partial charge in [-0.05, 0) is 123 Å². The molecule has 0 saturated heterocycles. The van der Waals surface area contributed by atoms with Crippen molar-refractivity contribution < 1.29 is 0 Å². The minimum absolute atomic E-state index is 0.132. The third kappa shape index (κ3) is 5.95. The molecule has 15 rings (SSSR count). The highest BCUT2D eigenvalue weighted by molar-refractivity contribution is 6.38. The third-order valence-corrected chi connectivity index (χ3v) is 16.0. The SMILES string of the molecule is CC(C)(C)c1cc2c3cc4ccccc4c(N(c4ccccc4)c4ccccc4)c3n3c4cnc5c(c6cc(C(C)(C)C)cc7c8c9ccccc9cc(N(c9ccccc9)c9ccccc9)c8n5c67)c4c(c1)c23. The Morgan fingerprint density at radius 1 is 0.351 bits per heavy atom. The first-order valence-electron chi connectivity index (χ1n) is 26.0. The molecule has 0 radical (unpaired) electrons. The molecule has 0 amide bonds.